The maximum Gasteiger partial charge on any atom is 0.174 e. The molecule has 1 aliphatic heterocycles. The molecule has 1 unspecified atom stereocenters. The quantitative estimate of drug-likeness (QED) is 0.846. The molecule has 0 amide bonds. The molecule has 0 fully saturated rings. The van der Waals surface area contributed by atoms with Gasteiger partial charge in [-0.05, 0) is 37.6 Å². The fourth-order valence-electron chi connectivity index (χ4n) is 2.73. The van der Waals surface area contributed by atoms with Crippen LogP contribution in [-0.4, -0.2) is 10.9 Å². The molecular formula is C16H15ClN2O. The first-order valence-corrected chi connectivity index (χ1v) is 6.75. The van der Waals surface area contributed by atoms with Gasteiger partial charge in [0.1, 0.15) is 5.84 Å². The van der Waals surface area contributed by atoms with Crippen LogP contribution in [0.15, 0.2) is 41.4 Å². The molecule has 0 spiro atoms. The molecule has 1 aliphatic rings. The van der Waals surface area contributed by atoms with Crippen molar-refractivity contribution in [1.82, 2.24) is 0 Å². The molecule has 0 aromatic heterocycles. The molecule has 2 aromatic carbocycles. The number of nitrogens with zero attached hydrogens (tertiary/aromatic N) is 1. The van der Waals surface area contributed by atoms with Gasteiger partial charge in [-0.25, -0.2) is 4.99 Å². The fraction of sp³-hybridized carbons (Fsp3) is 0.188. The summed E-state index contributed by atoms with van der Waals surface area (Å²) in [7, 11) is 0. The molecular weight excluding hydrogens is 272 g/mol. The number of aryl methyl sites for hydroxylation is 2. The topological polar surface area (TPSA) is 58.6 Å². The average molecular weight is 287 g/mol. The Morgan fingerprint density at radius 2 is 1.75 bits per heavy atom. The lowest BCUT2D eigenvalue weighted by Crippen LogP contribution is -2.39. The highest BCUT2D eigenvalue weighted by Gasteiger charge is 2.42. The minimum absolute atomic E-state index is 0.180. The highest BCUT2D eigenvalue weighted by molar-refractivity contribution is 6.30. The molecule has 1 atom stereocenters. The van der Waals surface area contributed by atoms with Crippen molar-refractivity contribution in [3.05, 3.63) is 63.7 Å². The van der Waals surface area contributed by atoms with Gasteiger partial charge in [0.2, 0.25) is 0 Å². The summed E-state index contributed by atoms with van der Waals surface area (Å²) in [6.07, 6.45) is 0. The first-order valence-electron chi connectivity index (χ1n) is 6.37. The summed E-state index contributed by atoms with van der Waals surface area (Å²) in [5, 5.41) is 11.7. The van der Waals surface area contributed by atoms with Crippen molar-refractivity contribution in [2.24, 2.45) is 10.7 Å². The smallest absolute Gasteiger partial charge is 0.174 e. The number of amidine groups is 1. The number of halogens is 1. The SMILES string of the molecule is Cc1cc(C)cc(C2(O)C(N)=Nc3ccc(Cl)cc32)c1. The minimum atomic E-state index is -1.41. The normalized spacial score (nSPS) is 20.7. The minimum Gasteiger partial charge on any atom is -0.384 e. The van der Waals surface area contributed by atoms with E-state index in [1.165, 1.54) is 0 Å². The predicted octanol–water partition coefficient (Wildman–Crippen LogP) is 3.20. The predicted molar refractivity (Wildman–Crippen MR) is 81.6 cm³/mol. The van der Waals surface area contributed by atoms with Crippen molar-refractivity contribution >= 4 is 23.1 Å². The zero-order chi connectivity index (χ0) is 14.5. The van der Waals surface area contributed by atoms with Crippen LogP contribution in [0.2, 0.25) is 5.02 Å². The molecule has 0 radical (unpaired) electrons. The van der Waals surface area contributed by atoms with Gasteiger partial charge < -0.3 is 10.8 Å². The third-order valence-corrected chi connectivity index (χ3v) is 3.83. The zero-order valence-corrected chi connectivity index (χ0v) is 12.1. The van der Waals surface area contributed by atoms with E-state index in [2.05, 4.69) is 4.99 Å². The maximum absolute atomic E-state index is 11.1. The molecule has 0 saturated heterocycles. The lowest BCUT2D eigenvalue weighted by atomic mass is 9.85. The first kappa shape index (κ1) is 13.2. The zero-order valence-electron chi connectivity index (χ0n) is 11.3. The monoisotopic (exact) mass is 286 g/mol. The number of rotatable bonds is 1. The van der Waals surface area contributed by atoms with Crippen molar-refractivity contribution in [1.29, 1.82) is 0 Å². The van der Waals surface area contributed by atoms with Crippen LogP contribution in [0.3, 0.4) is 0 Å². The van der Waals surface area contributed by atoms with Crippen molar-refractivity contribution < 1.29 is 5.11 Å². The molecule has 0 saturated carbocycles. The van der Waals surface area contributed by atoms with E-state index in [1.54, 1.807) is 18.2 Å². The highest BCUT2D eigenvalue weighted by atomic mass is 35.5. The fourth-order valence-corrected chi connectivity index (χ4v) is 2.90. The Bertz CT molecular complexity index is 719. The second-order valence-electron chi connectivity index (χ2n) is 5.25. The summed E-state index contributed by atoms with van der Waals surface area (Å²) in [6.45, 7) is 3.97. The molecule has 1 heterocycles. The number of aliphatic imine (C=N–C) groups is 1. The standard InChI is InChI=1S/C16H15ClN2O/c1-9-5-10(2)7-11(6-9)16(20)13-8-12(17)3-4-14(13)19-15(16)18/h3-8,20H,1-2H3,(H2,18,19). The van der Waals surface area contributed by atoms with E-state index < -0.39 is 5.60 Å². The Kier molecular flexibility index (Phi) is 2.85. The first-order chi connectivity index (χ1) is 9.41. The Hall–Kier alpha value is -1.84. The van der Waals surface area contributed by atoms with Crippen LogP contribution in [0.4, 0.5) is 5.69 Å². The van der Waals surface area contributed by atoms with Crippen LogP contribution in [0, 0.1) is 13.8 Å². The van der Waals surface area contributed by atoms with Crippen molar-refractivity contribution in [2.45, 2.75) is 19.4 Å². The lowest BCUT2D eigenvalue weighted by molar-refractivity contribution is 0.158. The van der Waals surface area contributed by atoms with Crippen LogP contribution in [0.1, 0.15) is 22.3 Å². The van der Waals surface area contributed by atoms with E-state index in [9.17, 15) is 5.11 Å². The second-order valence-corrected chi connectivity index (χ2v) is 5.68. The van der Waals surface area contributed by atoms with Crippen LogP contribution < -0.4 is 5.73 Å². The molecule has 0 bridgehead atoms. The molecule has 20 heavy (non-hydrogen) atoms. The van der Waals surface area contributed by atoms with E-state index >= 15 is 0 Å². The van der Waals surface area contributed by atoms with Crippen LogP contribution in [0.5, 0.6) is 0 Å². The summed E-state index contributed by atoms with van der Waals surface area (Å²) in [4.78, 5) is 4.27. The van der Waals surface area contributed by atoms with E-state index in [1.807, 2.05) is 32.0 Å². The van der Waals surface area contributed by atoms with Crippen LogP contribution >= 0.6 is 11.6 Å². The number of aliphatic hydroxyl groups is 1. The third kappa shape index (κ3) is 1.82. The Labute approximate surface area is 122 Å². The van der Waals surface area contributed by atoms with Gasteiger partial charge in [0, 0.05) is 10.6 Å². The Morgan fingerprint density at radius 1 is 1.10 bits per heavy atom. The molecule has 4 heteroatoms. The van der Waals surface area contributed by atoms with Gasteiger partial charge in [-0.3, -0.25) is 0 Å². The largest absolute Gasteiger partial charge is 0.384 e. The number of hydrogen-bond donors (Lipinski definition) is 2. The number of benzene rings is 2. The average Bonchev–Trinajstić information content (AvgIpc) is 2.62. The van der Waals surface area contributed by atoms with E-state index in [0.29, 0.717) is 16.3 Å². The molecule has 3 N–H and O–H groups in total. The van der Waals surface area contributed by atoms with Crippen LogP contribution in [0.25, 0.3) is 0 Å². The molecule has 2 aromatic rings. The summed E-state index contributed by atoms with van der Waals surface area (Å²) in [5.74, 6) is 0.180. The molecule has 0 aliphatic carbocycles. The van der Waals surface area contributed by atoms with Gasteiger partial charge >= 0.3 is 0 Å². The number of fused-ring (bicyclic) bond motifs is 1. The molecule has 3 nitrogen and oxygen atoms in total. The lowest BCUT2D eigenvalue weighted by Gasteiger charge is -2.25. The summed E-state index contributed by atoms with van der Waals surface area (Å²) in [5.41, 5.74) is 8.74. The Balaban J connectivity index is 2.27. The van der Waals surface area contributed by atoms with Crippen molar-refractivity contribution in [3.8, 4) is 0 Å². The maximum atomic E-state index is 11.1. The van der Waals surface area contributed by atoms with Crippen molar-refractivity contribution in [2.75, 3.05) is 0 Å². The third-order valence-electron chi connectivity index (χ3n) is 3.60. The number of nitrogens with two attached hydrogens (primary N) is 1. The summed E-state index contributed by atoms with van der Waals surface area (Å²) in [6, 6.07) is 11.1. The van der Waals surface area contributed by atoms with Gasteiger partial charge in [-0.2, -0.15) is 0 Å². The van der Waals surface area contributed by atoms with E-state index in [4.69, 9.17) is 17.3 Å². The van der Waals surface area contributed by atoms with Gasteiger partial charge in [0.05, 0.1) is 5.69 Å². The van der Waals surface area contributed by atoms with Crippen molar-refractivity contribution in [3.63, 3.8) is 0 Å². The molecule has 3 rings (SSSR count). The second kappa shape index (κ2) is 4.33. The highest BCUT2D eigenvalue weighted by Crippen LogP contribution is 2.43. The van der Waals surface area contributed by atoms with E-state index in [-0.39, 0.29) is 5.84 Å². The molecule has 102 valence electrons. The number of hydrogen-bond acceptors (Lipinski definition) is 3. The summed E-state index contributed by atoms with van der Waals surface area (Å²) >= 11 is 6.05. The van der Waals surface area contributed by atoms with E-state index in [0.717, 1.165) is 16.7 Å². The van der Waals surface area contributed by atoms with Gasteiger partial charge in [-0.15, -0.1) is 0 Å². The van der Waals surface area contributed by atoms with Gasteiger partial charge in [0.25, 0.3) is 0 Å². The van der Waals surface area contributed by atoms with Gasteiger partial charge in [-0.1, -0.05) is 40.9 Å². The Morgan fingerprint density at radius 3 is 2.40 bits per heavy atom. The van der Waals surface area contributed by atoms with Crippen LogP contribution in [-0.2, 0) is 5.60 Å². The summed E-state index contributed by atoms with van der Waals surface area (Å²) < 4.78 is 0. The van der Waals surface area contributed by atoms with Gasteiger partial charge in [0.15, 0.2) is 5.60 Å².